The van der Waals surface area contributed by atoms with Gasteiger partial charge in [0.05, 0.1) is 6.26 Å². The Hall–Kier alpha value is -1.15. The van der Waals surface area contributed by atoms with Crippen LogP contribution in [-0.4, -0.2) is 22.1 Å². The van der Waals surface area contributed by atoms with E-state index in [0.29, 0.717) is 9.97 Å². The number of methoxy groups -OCH3 is 1. The quantitative estimate of drug-likeness (QED) is 0.852. The van der Waals surface area contributed by atoms with Crippen LogP contribution in [0.5, 0.6) is 0 Å². The van der Waals surface area contributed by atoms with Crippen molar-refractivity contribution in [3.05, 3.63) is 41.2 Å². The normalized spacial score (nSPS) is 13.5. The predicted octanol–water partition coefficient (Wildman–Crippen LogP) is 2.57. The van der Waals surface area contributed by atoms with Gasteiger partial charge in [-0.3, -0.25) is 0 Å². The van der Waals surface area contributed by atoms with Gasteiger partial charge in [0, 0.05) is 18.5 Å². The third kappa shape index (κ3) is 3.49. The average Bonchev–Trinajstić information content (AvgIpc) is 3.11. The van der Waals surface area contributed by atoms with Crippen LogP contribution in [0.15, 0.2) is 39.2 Å². The van der Waals surface area contributed by atoms with Gasteiger partial charge in [0.25, 0.3) is 0 Å². The fourth-order valence-corrected chi connectivity index (χ4v) is 4.10. The molecular weight excluding hydrogens is 298 g/mol. The lowest BCUT2D eigenvalue weighted by Gasteiger charge is -2.13. The van der Waals surface area contributed by atoms with Crippen LogP contribution in [0.1, 0.15) is 23.7 Å². The van der Waals surface area contributed by atoms with Crippen molar-refractivity contribution in [3.63, 3.8) is 0 Å². The van der Waals surface area contributed by atoms with Gasteiger partial charge in [-0.1, -0.05) is 6.92 Å². The number of hydrogen-bond donors (Lipinski definition) is 1. The topological polar surface area (TPSA) is 68.5 Å². The molecule has 0 radical (unpaired) electrons. The Balaban J connectivity index is 2.05. The molecule has 110 valence electrons. The molecule has 1 atom stereocenters. The van der Waals surface area contributed by atoms with Gasteiger partial charge in [0.2, 0.25) is 10.0 Å². The molecule has 0 fully saturated rings. The number of furan rings is 1. The molecule has 2 heterocycles. The molecule has 2 rings (SSSR count). The molecule has 2 aromatic heterocycles. The summed E-state index contributed by atoms with van der Waals surface area (Å²) in [5.41, 5.74) is 0. The summed E-state index contributed by atoms with van der Waals surface area (Å²) in [5, 5.41) is 0. The largest absolute Gasteiger partial charge is 0.467 e. The summed E-state index contributed by atoms with van der Waals surface area (Å²) in [6.45, 7) is 2.12. The molecule has 0 aromatic carbocycles. The summed E-state index contributed by atoms with van der Waals surface area (Å²) in [4.78, 5) is 1.04. The molecule has 0 saturated carbocycles. The number of hydrogen-bond acceptors (Lipinski definition) is 5. The third-order valence-electron chi connectivity index (χ3n) is 2.85. The molecule has 0 spiro atoms. The van der Waals surface area contributed by atoms with Crippen LogP contribution >= 0.6 is 11.3 Å². The van der Waals surface area contributed by atoms with E-state index in [2.05, 4.69) is 4.72 Å². The first-order chi connectivity index (χ1) is 9.56. The maximum absolute atomic E-state index is 12.2. The molecule has 1 N–H and O–H groups in total. The van der Waals surface area contributed by atoms with E-state index in [-0.39, 0.29) is 6.54 Å². The van der Waals surface area contributed by atoms with Crippen LogP contribution in [0.3, 0.4) is 0 Å². The van der Waals surface area contributed by atoms with Crippen LogP contribution in [0.2, 0.25) is 0 Å². The van der Waals surface area contributed by atoms with Crippen LogP contribution in [0.4, 0.5) is 0 Å². The fraction of sp³-hybridized carbons (Fsp3) is 0.385. The molecule has 0 unspecified atom stereocenters. The Morgan fingerprint density at radius 2 is 2.20 bits per heavy atom. The zero-order valence-corrected chi connectivity index (χ0v) is 13.0. The Morgan fingerprint density at radius 3 is 2.75 bits per heavy atom. The number of nitrogens with one attached hydrogen (secondary N) is 1. The number of thiophene rings is 1. The van der Waals surface area contributed by atoms with E-state index in [0.717, 1.165) is 11.3 Å². The van der Waals surface area contributed by atoms with E-state index in [1.807, 2.05) is 13.0 Å². The highest BCUT2D eigenvalue weighted by Crippen LogP contribution is 2.23. The molecule has 0 aliphatic heterocycles. The Kier molecular flexibility index (Phi) is 4.98. The van der Waals surface area contributed by atoms with Crippen LogP contribution in [0.25, 0.3) is 0 Å². The van der Waals surface area contributed by atoms with Crippen molar-refractivity contribution in [2.45, 2.75) is 23.7 Å². The molecule has 0 amide bonds. The summed E-state index contributed by atoms with van der Waals surface area (Å²) < 4.78 is 37.7. The smallest absolute Gasteiger partial charge is 0.250 e. The molecular formula is C13H17NO4S2. The summed E-state index contributed by atoms with van der Waals surface area (Å²) in [6, 6.07) is 6.95. The van der Waals surface area contributed by atoms with Gasteiger partial charge in [0.15, 0.2) is 0 Å². The van der Waals surface area contributed by atoms with Crippen molar-refractivity contribution in [1.29, 1.82) is 0 Å². The number of ether oxygens (including phenoxy) is 1. The lowest BCUT2D eigenvalue weighted by molar-refractivity contribution is 0.0878. The van der Waals surface area contributed by atoms with Crippen molar-refractivity contribution >= 4 is 21.4 Å². The van der Waals surface area contributed by atoms with Gasteiger partial charge >= 0.3 is 0 Å². The van der Waals surface area contributed by atoms with Crippen molar-refractivity contribution in [2.75, 3.05) is 13.7 Å². The highest BCUT2D eigenvalue weighted by atomic mass is 32.2. The first-order valence-corrected chi connectivity index (χ1v) is 8.51. The van der Waals surface area contributed by atoms with Crippen molar-refractivity contribution in [2.24, 2.45) is 0 Å². The molecule has 0 saturated heterocycles. The van der Waals surface area contributed by atoms with E-state index in [9.17, 15) is 8.42 Å². The van der Waals surface area contributed by atoms with Crippen molar-refractivity contribution < 1.29 is 17.6 Å². The summed E-state index contributed by atoms with van der Waals surface area (Å²) in [5.74, 6) is 0.593. The summed E-state index contributed by atoms with van der Waals surface area (Å²) >= 11 is 1.28. The van der Waals surface area contributed by atoms with Gasteiger partial charge in [-0.2, -0.15) is 0 Å². The Labute approximate surface area is 122 Å². The number of rotatable bonds is 7. The maximum atomic E-state index is 12.2. The second kappa shape index (κ2) is 6.53. The van der Waals surface area contributed by atoms with E-state index in [1.54, 1.807) is 18.2 Å². The molecule has 7 heteroatoms. The third-order valence-corrected chi connectivity index (χ3v) is 6.00. The monoisotopic (exact) mass is 315 g/mol. The van der Waals surface area contributed by atoms with Crippen LogP contribution in [0, 0.1) is 0 Å². The molecule has 2 aromatic rings. The SMILES string of the molecule is CCc1ccc(S(=O)(=O)NC[C@@H](OC)c2ccco2)s1. The fourth-order valence-electron chi connectivity index (χ4n) is 1.72. The lowest BCUT2D eigenvalue weighted by Crippen LogP contribution is -2.28. The van der Waals surface area contributed by atoms with E-state index >= 15 is 0 Å². The zero-order chi connectivity index (χ0) is 14.6. The van der Waals surface area contributed by atoms with Gasteiger partial charge in [-0.15, -0.1) is 11.3 Å². The lowest BCUT2D eigenvalue weighted by atomic mass is 10.3. The molecule has 5 nitrogen and oxygen atoms in total. The minimum atomic E-state index is -3.50. The summed E-state index contributed by atoms with van der Waals surface area (Å²) in [6.07, 6.45) is 1.92. The van der Waals surface area contributed by atoms with Gasteiger partial charge < -0.3 is 9.15 Å². The van der Waals surface area contributed by atoms with Crippen molar-refractivity contribution in [3.8, 4) is 0 Å². The van der Waals surface area contributed by atoms with Gasteiger partial charge in [-0.05, 0) is 30.7 Å². The number of aryl methyl sites for hydroxylation is 1. The second-order valence-electron chi connectivity index (χ2n) is 4.17. The van der Waals surface area contributed by atoms with E-state index in [1.165, 1.54) is 24.7 Å². The minimum Gasteiger partial charge on any atom is -0.467 e. The van der Waals surface area contributed by atoms with E-state index < -0.39 is 16.1 Å². The van der Waals surface area contributed by atoms with Gasteiger partial charge in [0.1, 0.15) is 16.1 Å². The van der Waals surface area contributed by atoms with Crippen molar-refractivity contribution in [1.82, 2.24) is 4.72 Å². The maximum Gasteiger partial charge on any atom is 0.250 e. The highest BCUT2D eigenvalue weighted by molar-refractivity contribution is 7.91. The van der Waals surface area contributed by atoms with Gasteiger partial charge in [-0.25, -0.2) is 13.1 Å². The Bertz CT molecular complexity index is 631. The van der Waals surface area contributed by atoms with E-state index in [4.69, 9.17) is 9.15 Å². The summed E-state index contributed by atoms with van der Waals surface area (Å²) in [7, 11) is -1.98. The number of sulfonamides is 1. The average molecular weight is 315 g/mol. The predicted molar refractivity (Wildman–Crippen MR) is 77.3 cm³/mol. The molecule has 20 heavy (non-hydrogen) atoms. The van der Waals surface area contributed by atoms with Crippen LogP contribution in [-0.2, 0) is 21.2 Å². The first-order valence-electron chi connectivity index (χ1n) is 6.21. The Morgan fingerprint density at radius 1 is 1.40 bits per heavy atom. The molecule has 0 aliphatic rings. The van der Waals surface area contributed by atoms with Crippen LogP contribution < -0.4 is 4.72 Å². The standard InChI is InChI=1S/C13H17NO4S2/c1-3-10-6-7-13(19-10)20(15,16)14-9-12(17-2)11-5-4-8-18-11/h4-8,12,14H,3,9H2,1-2H3/t12-/m1/s1. The molecule has 0 bridgehead atoms. The second-order valence-corrected chi connectivity index (χ2v) is 7.33. The molecule has 0 aliphatic carbocycles. The minimum absolute atomic E-state index is 0.131. The first kappa shape index (κ1) is 15.2. The zero-order valence-electron chi connectivity index (χ0n) is 11.3. The highest BCUT2D eigenvalue weighted by Gasteiger charge is 2.20.